The molecule has 0 aromatic heterocycles. The molecule has 0 saturated heterocycles. The van der Waals surface area contributed by atoms with Crippen molar-refractivity contribution in [1.29, 1.82) is 0 Å². The van der Waals surface area contributed by atoms with Crippen LogP contribution in [0.3, 0.4) is 0 Å². The van der Waals surface area contributed by atoms with Gasteiger partial charge in [0, 0.05) is 0 Å². The average molecular weight is 290 g/mol. The van der Waals surface area contributed by atoms with Crippen LogP contribution in [0.5, 0.6) is 0 Å². The van der Waals surface area contributed by atoms with Gasteiger partial charge in [-0.05, 0) is 43.4 Å². The molecule has 0 spiro atoms. The van der Waals surface area contributed by atoms with E-state index >= 15 is 0 Å². The molecule has 0 aliphatic heterocycles. The number of hydrogen-bond acceptors (Lipinski definition) is 1. The molecule has 0 radical (unpaired) electrons. The van der Waals surface area contributed by atoms with Gasteiger partial charge in [0.05, 0.1) is 16.8 Å². The number of rotatable bonds is 4. The molecule has 1 aliphatic rings. The summed E-state index contributed by atoms with van der Waals surface area (Å²) < 4.78 is 14.0. The smallest absolute Gasteiger partial charge is 0.164 e. The summed E-state index contributed by atoms with van der Waals surface area (Å²) in [5.41, 5.74) is 2.92. The molecule has 1 nitrogen and oxygen atoms in total. The Kier molecular flexibility index (Phi) is 3.66. The zero-order valence-electron chi connectivity index (χ0n) is 11.4. The number of aryl methyl sites for hydroxylation is 1. The summed E-state index contributed by atoms with van der Waals surface area (Å²) in [6.07, 6.45) is 2.38. The average Bonchev–Trinajstić information content (AvgIpc) is 3.26. The summed E-state index contributed by atoms with van der Waals surface area (Å²) >= 11 is 5.84. The van der Waals surface area contributed by atoms with Crippen molar-refractivity contribution in [2.45, 2.75) is 25.8 Å². The molecule has 1 atom stereocenters. The second-order valence-corrected chi connectivity index (χ2v) is 5.88. The molecule has 3 heteroatoms. The molecule has 1 unspecified atom stereocenters. The highest BCUT2D eigenvalue weighted by molar-refractivity contribution is 6.31. The van der Waals surface area contributed by atoms with Crippen molar-refractivity contribution in [1.82, 2.24) is 0 Å². The van der Waals surface area contributed by atoms with Crippen LogP contribution in [0, 0.1) is 18.7 Å². The van der Waals surface area contributed by atoms with Crippen LogP contribution in [0.4, 0.5) is 10.1 Å². The fourth-order valence-corrected chi connectivity index (χ4v) is 2.63. The van der Waals surface area contributed by atoms with Crippen LogP contribution in [-0.4, -0.2) is 0 Å². The van der Waals surface area contributed by atoms with Crippen molar-refractivity contribution in [2.75, 3.05) is 5.32 Å². The summed E-state index contributed by atoms with van der Waals surface area (Å²) in [6, 6.07) is 13.7. The number of anilines is 1. The first-order chi connectivity index (χ1) is 9.65. The molecule has 1 saturated carbocycles. The van der Waals surface area contributed by atoms with E-state index in [-0.39, 0.29) is 16.9 Å². The maximum Gasteiger partial charge on any atom is 0.164 e. The molecule has 0 heterocycles. The van der Waals surface area contributed by atoms with Crippen LogP contribution < -0.4 is 5.32 Å². The molecule has 2 aromatic carbocycles. The van der Waals surface area contributed by atoms with Crippen molar-refractivity contribution < 1.29 is 4.39 Å². The normalized spacial score (nSPS) is 15.9. The van der Waals surface area contributed by atoms with E-state index in [0.29, 0.717) is 11.6 Å². The van der Waals surface area contributed by atoms with Gasteiger partial charge >= 0.3 is 0 Å². The van der Waals surface area contributed by atoms with Gasteiger partial charge < -0.3 is 5.32 Å². The van der Waals surface area contributed by atoms with Crippen LogP contribution in [0.1, 0.15) is 30.0 Å². The number of benzene rings is 2. The largest absolute Gasteiger partial charge is 0.376 e. The van der Waals surface area contributed by atoms with Gasteiger partial charge in [-0.25, -0.2) is 4.39 Å². The van der Waals surface area contributed by atoms with Gasteiger partial charge in [0.25, 0.3) is 0 Å². The van der Waals surface area contributed by atoms with E-state index in [0.717, 1.165) is 0 Å². The zero-order chi connectivity index (χ0) is 14.1. The lowest BCUT2D eigenvalue weighted by molar-refractivity contribution is 0.617. The standard InChI is InChI=1S/C17H17ClFN/c1-11-5-7-12(8-6-11)17(13-9-10-13)20-15-4-2-3-14(18)16(15)19/h2-8,13,17,20H,9-10H2,1H3. The Balaban J connectivity index is 1.88. The second kappa shape index (κ2) is 5.45. The maximum absolute atomic E-state index is 14.0. The Morgan fingerprint density at radius 1 is 1.15 bits per heavy atom. The predicted octanol–water partition coefficient (Wildman–Crippen LogP) is 5.35. The van der Waals surface area contributed by atoms with Gasteiger partial charge in [-0.2, -0.15) is 0 Å². The molecule has 2 aromatic rings. The highest BCUT2D eigenvalue weighted by atomic mass is 35.5. The van der Waals surface area contributed by atoms with Crippen molar-refractivity contribution in [3.8, 4) is 0 Å². The van der Waals surface area contributed by atoms with Gasteiger partial charge in [-0.15, -0.1) is 0 Å². The monoisotopic (exact) mass is 289 g/mol. The zero-order valence-corrected chi connectivity index (χ0v) is 12.1. The first-order valence-corrected chi connectivity index (χ1v) is 7.30. The number of nitrogens with one attached hydrogen (secondary N) is 1. The van der Waals surface area contributed by atoms with Crippen LogP contribution >= 0.6 is 11.6 Å². The van der Waals surface area contributed by atoms with E-state index < -0.39 is 0 Å². The quantitative estimate of drug-likeness (QED) is 0.800. The predicted molar refractivity (Wildman–Crippen MR) is 81.7 cm³/mol. The lowest BCUT2D eigenvalue weighted by atomic mass is 10.0. The van der Waals surface area contributed by atoms with Gasteiger partial charge in [0.1, 0.15) is 0 Å². The summed E-state index contributed by atoms with van der Waals surface area (Å²) in [6.45, 7) is 2.07. The highest BCUT2D eigenvalue weighted by Crippen LogP contribution is 2.43. The van der Waals surface area contributed by atoms with Gasteiger partial charge in [0.15, 0.2) is 5.82 Å². The summed E-state index contributed by atoms with van der Waals surface area (Å²) in [4.78, 5) is 0. The van der Waals surface area contributed by atoms with Crippen LogP contribution in [0.25, 0.3) is 0 Å². The molecule has 1 fully saturated rings. The molecule has 1 aliphatic carbocycles. The topological polar surface area (TPSA) is 12.0 Å². The van der Waals surface area contributed by atoms with Gasteiger partial charge in [-0.1, -0.05) is 47.5 Å². The van der Waals surface area contributed by atoms with Crippen LogP contribution in [0.2, 0.25) is 5.02 Å². The van der Waals surface area contributed by atoms with E-state index in [1.54, 1.807) is 18.2 Å². The summed E-state index contributed by atoms with van der Waals surface area (Å²) in [7, 11) is 0. The fraction of sp³-hybridized carbons (Fsp3) is 0.294. The Bertz CT molecular complexity index is 605. The third kappa shape index (κ3) is 2.80. The fourth-order valence-electron chi connectivity index (χ4n) is 2.46. The molecule has 0 amide bonds. The van der Waals surface area contributed by atoms with E-state index in [9.17, 15) is 4.39 Å². The van der Waals surface area contributed by atoms with Crippen LogP contribution in [-0.2, 0) is 0 Å². The first kappa shape index (κ1) is 13.4. The van der Waals surface area contributed by atoms with Gasteiger partial charge in [0.2, 0.25) is 0 Å². The Morgan fingerprint density at radius 3 is 2.50 bits per heavy atom. The molecule has 3 rings (SSSR count). The Labute approximate surface area is 123 Å². The minimum absolute atomic E-state index is 0.156. The minimum Gasteiger partial charge on any atom is -0.376 e. The van der Waals surface area contributed by atoms with E-state index in [4.69, 9.17) is 11.6 Å². The summed E-state index contributed by atoms with van der Waals surface area (Å²) in [5, 5.41) is 3.49. The van der Waals surface area contributed by atoms with E-state index in [2.05, 4.69) is 36.5 Å². The SMILES string of the molecule is Cc1ccc(C(Nc2cccc(Cl)c2F)C2CC2)cc1. The third-order valence-corrected chi connectivity index (χ3v) is 4.08. The maximum atomic E-state index is 14.0. The third-order valence-electron chi connectivity index (χ3n) is 3.79. The van der Waals surface area contributed by atoms with E-state index in [1.165, 1.54) is 24.0 Å². The van der Waals surface area contributed by atoms with Crippen LogP contribution in [0.15, 0.2) is 42.5 Å². The Hall–Kier alpha value is -1.54. The molecular formula is C17H17ClFN. The second-order valence-electron chi connectivity index (χ2n) is 5.47. The van der Waals surface area contributed by atoms with E-state index in [1.807, 2.05) is 0 Å². The lowest BCUT2D eigenvalue weighted by Gasteiger charge is -2.21. The Morgan fingerprint density at radius 2 is 1.85 bits per heavy atom. The molecule has 20 heavy (non-hydrogen) atoms. The minimum atomic E-state index is -0.369. The molecule has 0 bridgehead atoms. The lowest BCUT2D eigenvalue weighted by Crippen LogP contribution is -2.14. The van der Waals surface area contributed by atoms with Crippen molar-refractivity contribution in [2.24, 2.45) is 5.92 Å². The number of hydrogen-bond donors (Lipinski definition) is 1. The molecule has 104 valence electrons. The van der Waals surface area contributed by atoms with Crippen molar-refractivity contribution in [3.63, 3.8) is 0 Å². The molecular weight excluding hydrogens is 273 g/mol. The van der Waals surface area contributed by atoms with Crippen molar-refractivity contribution >= 4 is 17.3 Å². The highest BCUT2D eigenvalue weighted by Gasteiger charge is 2.32. The van der Waals surface area contributed by atoms with Gasteiger partial charge in [-0.3, -0.25) is 0 Å². The van der Waals surface area contributed by atoms with Crippen molar-refractivity contribution in [3.05, 3.63) is 64.4 Å². The first-order valence-electron chi connectivity index (χ1n) is 6.92. The molecule has 1 N–H and O–H groups in total. The summed E-state index contributed by atoms with van der Waals surface area (Å²) in [5.74, 6) is 0.211. The number of halogens is 2.